The molecule has 0 fully saturated rings. The van der Waals surface area contributed by atoms with Crippen LogP contribution in [0.2, 0.25) is 0 Å². The molecule has 0 bridgehead atoms. The van der Waals surface area contributed by atoms with Crippen LogP contribution < -0.4 is 15.2 Å². The first-order valence-corrected chi connectivity index (χ1v) is 4.51. The van der Waals surface area contributed by atoms with Gasteiger partial charge >= 0.3 is 0 Å². The maximum absolute atomic E-state index is 5.70. The van der Waals surface area contributed by atoms with Gasteiger partial charge in [0.05, 0.1) is 14.2 Å². The van der Waals surface area contributed by atoms with Crippen molar-refractivity contribution >= 4 is 0 Å². The van der Waals surface area contributed by atoms with Crippen molar-refractivity contribution in [3.63, 3.8) is 0 Å². The first-order valence-electron chi connectivity index (χ1n) is 4.51. The van der Waals surface area contributed by atoms with Crippen molar-refractivity contribution in [3.05, 3.63) is 17.7 Å². The molecule has 2 N–H and O–H groups in total. The fourth-order valence-electron chi connectivity index (χ4n) is 1.24. The van der Waals surface area contributed by atoms with Crippen molar-refractivity contribution in [1.29, 1.82) is 0 Å². The van der Waals surface area contributed by atoms with E-state index in [1.807, 2.05) is 13.0 Å². The zero-order valence-electron chi connectivity index (χ0n) is 8.78. The second-order valence-electron chi connectivity index (χ2n) is 3.20. The molecule has 78 valence electrons. The third-order valence-corrected chi connectivity index (χ3v) is 1.86. The molecule has 0 saturated carbocycles. The van der Waals surface area contributed by atoms with Gasteiger partial charge in [0.25, 0.3) is 0 Å². The smallest absolute Gasteiger partial charge is 0.219 e. The Morgan fingerprint density at radius 3 is 2.57 bits per heavy atom. The molecule has 1 rings (SSSR count). The Morgan fingerprint density at radius 1 is 1.36 bits per heavy atom. The van der Waals surface area contributed by atoms with E-state index in [1.165, 1.54) is 0 Å². The lowest BCUT2D eigenvalue weighted by atomic mass is 10.1. The highest BCUT2D eigenvalue weighted by atomic mass is 16.5. The highest BCUT2D eigenvalue weighted by molar-refractivity contribution is 5.31. The van der Waals surface area contributed by atoms with Crippen LogP contribution in [0.15, 0.2) is 12.1 Å². The summed E-state index contributed by atoms with van der Waals surface area (Å²) in [5, 5.41) is 0. The predicted octanol–water partition coefficient (Wildman–Crippen LogP) is 0.989. The molecule has 0 aliphatic heterocycles. The van der Waals surface area contributed by atoms with Gasteiger partial charge in [-0.15, -0.1) is 0 Å². The molecule has 14 heavy (non-hydrogen) atoms. The summed E-state index contributed by atoms with van der Waals surface area (Å²) in [5.41, 5.74) is 6.71. The van der Waals surface area contributed by atoms with Gasteiger partial charge in [-0.1, -0.05) is 0 Å². The molecular formula is C10H16N2O2. The summed E-state index contributed by atoms with van der Waals surface area (Å²) in [7, 11) is 3.17. The number of hydrogen-bond acceptors (Lipinski definition) is 4. The maximum Gasteiger partial charge on any atom is 0.219 e. The number of aromatic nitrogens is 1. The predicted molar refractivity (Wildman–Crippen MR) is 54.7 cm³/mol. The average molecular weight is 196 g/mol. The van der Waals surface area contributed by atoms with Crippen LogP contribution in [0.25, 0.3) is 0 Å². The fourth-order valence-corrected chi connectivity index (χ4v) is 1.24. The molecular weight excluding hydrogens is 180 g/mol. The molecule has 4 nitrogen and oxygen atoms in total. The molecule has 1 unspecified atom stereocenters. The molecule has 1 heterocycles. The van der Waals surface area contributed by atoms with E-state index in [1.54, 1.807) is 20.3 Å². The lowest BCUT2D eigenvalue weighted by Crippen LogP contribution is -2.18. The van der Waals surface area contributed by atoms with Crippen LogP contribution in [0.1, 0.15) is 12.5 Å². The summed E-state index contributed by atoms with van der Waals surface area (Å²) in [4.78, 5) is 4.16. The van der Waals surface area contributed by atoms with E-state index in [4.69, 9.17) is 15.2 Å². The van der Waals surface area contributed by atoms with Crippen LogP contribution in [-0.4, -0.2) is 25.2 Å². The molecule has 1 aromatic heterocycles. The number of nitrogens with zero attached hydrogens (tertiary/aromatic N) is 1. The zero-order valence-corrected chi connectivity index (χ0v) is 8.78. The Balaban J connectivity index is 2.93. The van der Waals surface area contributed by atoms with Gasteiger partial charge < -0.3 is 15.2 Å². The van der Waals surface area contributed by atoms with E-state index < -0.39 is 0 Å². The van der Waals surface area contributed by atoms with E-state index in [2.05, 4.69) is 4.98 Å². The summed E-state index contributed by atoms with van der Waals surface area (Å²) in [5.74, 6) is 1.14. The molecule has 0 aromatic carbocycles. The van der Waals surface area contributed by atoms with Crippen molar-refractivity contribution in [2.45, 2.75) is 19.4 Å². The first kappa shape index (κ1) is 10.8. The topological polar surface area (TPSA) is 57.4 Å². The minimum Gasteiger partial charge on any atom is -0.481 e. The van der Waals surface area contributed by atoms with Crippen molar-refractivity contribution in [1.82, 2.24) is 4.98 Å². The van der Waals surface area contributed by atoms with Gasteiger partial charge in [0.1, 0.15) is 0 Å². The van der Waals surface area contributed by atoms with E-state index in [-0.39, 0.29) is 6.04 Å². The molecule has 1 atom stereocenters. The number of nitrogens with two attached hydrogens (primary N) is 1. The van der Waals surface area contributed by atoms with Crippen LogP contribution in [0.5, 0.6) is 11.8 Å². The Bertz CT molecular complexity index is 300. The van der Waals surface area contributed by atoms with Crippen molar-refractivity contribution in [3.8, 4) is 11.8 Å². The van der Waals surface area contributed by atoms with E-state index in [9.17, 15) is 0 Å². The van der Waals surface area contributed by atoms with Crippen LogP contribution in [-0.2, 0) is 6.42 Å². The summed E-state index contributed by atoms with van der Waals surface area (Å²) in [6.45, 7) is 1.95. The lowest BCUT2D eigenvalue weighted by molar-refractivity contribution is 0.360. The molecule has 4 heteroatoms. The van der Waals surface area contributed by atoms with E-state index in [0.717, 1.165) is 12.0 Å². The zero-order chi connectivity index (χ0) is 10.6. The number of rotatable bonds is 4. The van der Waals surface area contributed by atoms with Crippen LogP contribution in [0, 0.1) is 0 Å². The Labute approximate surface area is 84.0 Å². The minimum absolute atomic E-state index is 0.0964. The molecule has 0 aliphatic carbocycles. The Morgan fingerprint density at radius 2 is 2.07 bits per heavy atom. The standard InChI is InChI=1S/C10H16N2O2/c1-7(11)6-8-4-5-9(13-2)12-10(8)14-3/h4-5,7H,6,11H2,1-3H3. The normalized spacial score (nSPS) is 12.3. The van der Waals surface area contributed by atoms with Gasteiger partial charge in [0, 0.05) is 17.7 Å². The maximum atomic E-state index is 5.70. The lowest BCUT2D eigenvalue weighted by Gasteiger charge is -2.10. The largest absolute Gasteiger partial charge is 0.481 e. The van der Waals surface area contributed by atoms with Crippen molar-refractivity contribution in [2.24, 2.45) is 5.73 Å². The first-order chi connectivity index (χ1) is 6.67. The Hall–Kier alpha value is -1.29. The third kappa shape index (κ3) is 2.60. The Kier molecular flexibility index (Phi) is 3.71. The number of hydrogen-bond donors (Lipinski definition) is 1. The quantitative estimate of drug-likeness (QED) is 0.780. The SMILES string of the molecule is COc1ccc(CC(C)N)c(OC)n1. The monoisotopic (exact) mass is 196 g/mol. The summed E-state index contributed by atoms with van der Waals surface area (Å²) < 4.78 is 10.1. The van der Waals surface area contributed by atoms with Crippen molar-refractivity contribution in [2.75, 3.05) is 14.2 Å². The fraction of sp³-hybridized carbons (Fsp3) is 0.500. The number of methoxy groups -OCH3 is 2. The highest BCUT2D eigenvalue weighted by Crippen LogP contribution is 2.20. The van der Waals surface area contributed by atoms with E-state index in [0.29, 0.717) is 11.8 Å². The third-order valence-electron chi connectivity index (χ3n) is 1.86. The molecule has 0 aliphatic rings. The minimum atomic E-state index is 0.0964. The van der Waals surface area contributed by atoms with Crippen molar-refractivity contribution < 1.29 is 9.47 Å². The van der Waals surface area contributed by atoms with Gasteiger partial charge in [-0.3, -0.25) is 0 Å². The van der Waals surface area contributed by atoms with Crippen LogP contribution >= 0.6 is 0 Å². The second-order valence-corrected chi connectivity index (χ2v) is 3.20. The van der Waals surface area contributed by atoms with Crippen LogP contribution in [0.3, 0.4) is 0 Å². The summed E-state index contributed by atoms with van der Waals surface area (Å²) in [6.07, 6.45) is 0.750. The summed E-state index contributed by atoms with van der Waals surface area (Å²) in [6, 6.07) is 3.83. The van der Waals surface area contributed by atoms with Gasteiger partial charge in [0.2, 0.25) is 11.8 Å². The molecule has 1 aromatic rings. The average Bonchev–Trinajstić information content (AvgIpc) is 2.17. The highest BCUT2D eigenvalue weighted by Gasteiger charge is 2.08. The van der Waals surface area contributed by atoms with Gasteiger partial charge in [-0.05, 0) is 19.4 Å². The molecule has 0 spiro atoms. The number of ether oxygens (including phenoxy) is 2. The van der Waals surface area contributed by atoms with Gasteiger partial charge in [-0.2, -0.15) is 4.98 Å². The van der Waals surface area contributed by atoms with Crippen LogP contribution in [0.4, 0.5) is 0 Å². The van der Waals surface area contributed by atoms with E-state index >= 15 is 0 Å². The van der Waals surface area contributed by atoms with Gasteiger partial charge in [-0.25, -0.2) is 0 Å². The molecule has 0 amide bonds. The molecule has 0 radical (unpaired) electrons. The second kappa shape index (κ2) is 4.81. The molecule has 0 saturated heterocycles. The van der Waals surface area contributed by atoms with Gasteiger partial charge in [0.15, 0.2) is 0 Å². The summed E-state index contributed by atoms with van der Waals surface area (Å²) >= 11 is 0. The number of pyridine rings is 1.